The molecule has 0 radical (unpaired) electrons. The second-order valence-corrected chi connectivity index (χ2v) is 4.72. The lowest BCUT2D eigenvalue weighted by molar-refractivity contribution is 0.609. The number of hydrogen-bond donors (Lipinski definition) is 1. The van der Waals surface area contributed by atoms with Gasteiger partial charge in [-0.1, -0.05) is 32.8 Å². The van der Waals surface area contributed by atoms with Crippen LogP contribution >= 0.6 is 0 Å². The Morgan fingerprint density at radius 3 is 2.69 bits per heavy atom. The van der Waals surface area contributed by atoms with Crippen LogP contribution in [0.25, 0.3) is 0 Å². The summed E-state index contributed by atoms with van der Waals surface area (Å²) in [5.74, 6) is 2.89. The van der Waals surface area contributed by atoms with Gasteiger partial charge < -0.3 is 5.73 Å². The summed E-state index contributed by atoms with van der Waals surface area (Å²) in [6, 6.07) is 0. The maximum absolute atomic E-state index is 5.44. The molecule has 2 N–H and O–H groups in total. The first-order valence-electron chi connectivity index (χ1n) is 5.69. The van der Waals surface area contributed by atoms with Crippen LogP contribution in [0.15, 0.2) is 12.3 Å². The second-order valence-electron chi connectivity index (χ2n) is 4.72. The molecule has 0 bridgehead atoms. The van der Waals surface area contributed by atoms with E-state index in [4.69, 9.17) is 5.73 Å². The van der Waals surface area contributed by atoms with Gasteiger partial charge in [-0.15, -0.1) is 0 Å². The van der Waals surface area contributed by atoms with Crippen molar-refractivity contribution in [3.8, 4) is 0 Å². The highest BCUT2D eigenvalue weighted by Crippen LogP contribution is 2.80. The highest BCUT2D eigenvalue weighted by Gasteiger charge is 2.74. The molecule has 2 aliphatic rings. The van der Waals surface area contributed by atoms with Crippen molar-refractivity contribution in [3.05, 3.63) is 12.3 Å². The van der Waals surface area contributed by atoms with Crippen LogP contribution in [0.1, 0.15) is 39.5 Å². The largest absolute Gasteiger partial charge is 0.405 e. The summed E-state index contributed by atoms with van der Waals surface area (Å²) in [5.41, 5.74) is 6.18. The summed E-state index contributed by atoms with van der Waals surface area (Å²) >= 11 is 0. The smallest absolute Gasteiger partial charge is 0.01000 e. The van der Waals surface area contributed by atoms with E-state index in [1.807, 2.05) is 0 Å². The minimum Gasteiger partial charge on any atom is -0.405 e. The van der Waals surface area contributed by atoms with Crippen LogP contribution in [-0.4, -0.2) is 0 Å². The van der Waals surface area contributed by atoms with Crippen LogP contribution in [0, 0.1) is 23.2 Å². The molecule has 1 spiro atoms. The predicted octanol–water partition coefficient (Wildman–Crippen LogP) is 2.92. The minimum absolute atomic E-state index is 0.737. The molecule has 0 saturated heterocycles. The minimum atomic E-state index is 0.737. The van der Waals surface area contributed by atoms with E-state index in [9.17, 15) is 0 Å². The fourth-order valence-electron chi connectivity index (χ4n) is 3.63. The monoisotopic (exact) mass is 179 g/mol. The summed E-state index contributed by atoms with van der Waals surface area (Å²) in [7, 11) is 0. The first kappa shape index (κ1) is 9.11. The zero-order valence-electron chi connectivity index (χ0n) is 8.79. The van der Waals surface area contributed by atoms with Gasteiger partial charge in [-0.3, -0.25) is 0 Å². The Balaban J connectivity index is 1.95. The van der Waals surface area contributed by atoms with Gasteiger partial charge in [-0.2, -0.15) is 0 Å². The second kappa shape index (κ2) is 3.04. The van der Waals surface area contributed by atoms with E-state index < -0.39 is 0 Å². The third-order valence-corrected chi connectivity index (χ3v) is 4.24. The summed E-state index contributed by atoms with van der Waals surface area (Å²) in [5, 5.41) is 0. The van der Waals surface area contributed by atoms with E-state index >= 15 is 0 Å². The molecule has 0 heterocycles. The highest BCUT2D eigenvalue weighted by atomic mass is 14.8. The maximum atomic E-state index is 5.44. The summed E-state index contributed by atoms with van der Waals surface area (Å²) in [6.45, 7) is 4.64. The van der Waals surface area contributed by atoms with Crippen LogP contribution in [0.2, 0.25) is 0 Å². The van der Waals surface area contributed by atoms with Gasteiger partial charge in [0.1, 0.15) is 0 Å². The van der Waals surface area contributed by atoms with E-state index in [1.54, 1.807) is 6.20 Å². The standard InChI is InChI=1S/C12H21N/c1-3-5-11-10(4-2)12(11)8-9(12)6-7-13/h6-7,9-11H,3-5,8,13H2,1-2H3/b7-6-/t9?,10-,11?,12?/m0/s1. The zero-order chi connectivity index (χ0) is 9.47. The average molecular weight is 179 g/mol. The van der Waals surface area contributed by atoms with Crippen LogP contribution in [0.5, 0.6) is 0 Å². The van der Waals surface area contributed by atoms with Crippen LogP contribution in [0.3, 0.4) is 0 Å². The predicted molar refractivity (Wildman–Crippen MR) is 56.0 cm³/mol. The van der Waals surface area contributed by atoms with Gasteiger partial charge >= 0.3 is 0 Å². The Kier molecular flexibility index (Phi) is 2.13. The quantitative estimate of drug-likeness (QED) is 0.705. The van der Waals surface area contributed by atoms with Gasteiger partial charge in [-0.05, 0) is 42.2 Å². The number of rotatable bonds is 4. The summed E-state index contributed by atoms with van der Waals surface area (Å²) in [4.78, 5) is 0. The third kappa shape index (κ3) is 1.13. The van der Waals surface area contributed by atoms with Gasteiger partial charge in [0.25, 0.3) is 0 Å². The average Bonchev–Trinajstić information content (AvgIpc) is 2.95. The fourth-order valence-corrected chi connectivity index (χ4v) is 3.63. The molecule has 1 nitrogen and oxygen atoms in total. The lowest BCUT2D eigenvalue weighted by atomic mass is 10.1. The molecule has 4 atom stereocenters. The topological polar surface area (TPSA) is 26.0 Å². The molecule has 0 aromatic heterocycles. The lowest BCUT2D eigenvalue weighted by Gasteiger charge is -1.91. The molecular formula is C12H21N. The van der Waals surface area contributed by atoms with Crippen molar-refractivity contribution >= 4 is 0 Å². The van der Waals surface area contributed by atoms with Gasteiger partial charge in [0, 0.05) is 0 Å². The van der Waals surface area contributed by atoms with Crippen molar-refractivity contribution < 1.29 is 0 Å². The Hall–Kier alpha value is -0.460. The third-order valence-electron chi connectivity index (χ3n) is 4.24. The Bertz CT molecular complexity index is 221. The van der Waals surface area contributed by atoms with Crippen LogP contribution in [-0.2, 0) is 0 Å². The maximum Gasteiger partial charge on any atom is -0.01000 e. The van der Waals surface area contributed by atoms with Crippen LogP contribution in [0.4, 0.5) is 0 Å². The molecule has 13 heavy (non-hydrogen) atoms. The molecule has 0 aliphatic heterocycles. The van der Waals surface area contributed by atoms with Gasteiger partial charge in [0.2, 0.25) is 0 Å². The molecule has 2 aliphatic carbocycles. The lowest BCUT2D eigenvalue weighted by Crippen LogP contribution is -1.85. The van der Waals surface area contributed by atoms with Crippen molar-refractivity contribution in [2.45, 2.75) is 39.5 Å². The summed E-state index contributed by atoms with van der Waals surface area (Å²) < 4.78 is 0. The normalized spacial score (nSPS) is 47.4. The molecule has 1 heteroatoms. The molecular weight excluding hydrogens is 158 g/mol. The zero-order valence-corrected chi connectivity index (χ0v) is 8.79. The van der Waals surface area contributed by atoms with E-state index in [0.29, 0.717) is 0 Å². The highest BCUT2D eigenvalue weighted by molar-refractivity contribution is 5.27. The molecule has 0 aromatic rings. The van der Waals surface area contributed by atoms with Crippen molar-refractivity contribution in [3.63, 3.8) is 0 Å². The fraction of sp³-hybridized carbons (Fsp3) is 0.833. The Morgan fingerprint density at radius 1 is 1.38 bits per heavy atom. The molecule has 3 unspecified atom stereocenters. The van der Waals surface area contributed by atoms with Crippen molar-refractivity contribution in [2.24, 2.45) is 28.9 Å². The number of nitrogens with two attached hydrogens (primary N) is 1. The number of allylic oxidation sites excluding steroid dienone is 1. The van der Waals surface area contributed by atoms with E-state index in [1.165, 1.54) is 25.7 Å². The van der Waals surface area contributed by atoms with Crippen molar-refractivity contribution in [2.75, 3.05) is 0 Å². The molecule has 2 rings (SSSR count). The first-order valence-corrected chi connectivity index (χ1v) is 5.69. The molecule has 74 valence electrons. The van der Waals surface area contributed by atoms with Crippen molar-refractivity contribution in [1.82, 2.24) is 0 Å². The summed E-state index contributed by atoms with van der Waals surface area (Å²) in [6.07, 6.45) is 9.55. The van der Waals surface area contributed by atoms with Crippen LogP contribution < -0.4 is 5.73 Å². The van der Waals surface area contributed by atoms with E-state index in [2.05, 4.69) is 19.9 Å². The van der Waals surface area contributed by atoms with E-state index in [-0.39, 0.29) is 0 Å². The Morgan fingerprint density at radius 2 is 2.15 bits per heavy atom. The Labute approximate surface area is 81.4 Å². The van der Waals surface area contributed by atoms with Gasteiger partial charge in [0.05, 0.1) is 0 Å². The molecule has 0 amide bonds. The number of hydrogen-bond acceptors (Lipinski definition) is 1. The SMILES string of the molecule is CCCC1[C@H](CC)C12CC2/C=C\N. The van der Waals surface area contributed by atoms with E-state index in [0.717, 1.165) is 23.2 Å². The van der Waals surface area contributed by atoms with Gasteiger partial charge in [-0.25, -0.2) is 0 Å². The van der Waals surface area contributed by atoms with Crippen molar-refractivity contribution in [1.29, 1.82) is 0 Å². The molecule has 2 fully saturated rings. The first-order chi connectivity index (χ1) is 6.31. The van der Waals surface area contributed by atoms with Gasteiger partial charge in [0.15, 0.2) is 0 Å². The molecule has 0 aromatic carbocycles. The molecule has 2 saturated carbocycles.